The van der Waals surface area contributed by atoms with Gasteiger partial charge >= 0.3 is 0 Å². The number of nitrogens with one attached hydrogen (secondary N) is 1. The predicted molar refractivity (Wildman–Crippen MR) is 120 cm³/mol. The van der Waals surface area contributed by atoms with E-state index in [1.807, 2.05) is 48.5 Å². The quantitative estimate of drug-likeness (QED) is 0.638. The van der Waals surface area contributed by atoms with Gasteiger partial charge in [-0.15, -0.1) is 0 Å². The maximum absolute atomic E-state index is 13.4. The first-order chi connectivity index (χ1) is 15.0. The fourth-order valence-corrected chi connectivity index (χ4v) is 5.39. The van der Waals surface area contributed by atoms with Crippen molar-refractivity contribution in [3.05, 3.63) is 89.5 Å². The Morgan fingerprint density at radius 1 is 1.03 bits per heavy atom. The number of anilines is 1. The van der Waals surface area contributed by atoms with Gasteiger partial charge in [0.1, 0.15) is 5.75 Å². The second-order valence-corrected chi connectivity index (χ2v) is 9.19. The number of sulfonamides is 1. The molecule has 1 amide bonds. The largest absolute Gasteiger partial charge is 0.496 e. The first kappa shape index (κ1) is 20.9. The number of methoxy groups -OCH3 is 1. The third-order valence-corrected chi connectivity index (χ3v) is 7.19. The second-order valence-electron chi connectivity index (χ2n) is 7.33. The van der Waals surface area contributed by atoms with Gasteiger partial charge in [0, 0.05) is 24.2 Å². The van der Waals surface area contributed by atoms with Crippen LogP contribution in [-0.4, -0.2) is 28.0 Å². The van der Waals surface area contributed by atoms with E-state index in [9.17, 15) is 13.2 Å². The van der Waals surface area contributed by atoms with Crippen molar-refractivity contribution in [3.63, 3.8) is 0 Å². The molecule has 1 heterocycles. The third kappa shape index (κ3) is 4.27. The summed E-state index contributed by atoms with van der Waals surface area (Å²) in [5.41, 5.74) is 2.86. The van der Waals surface area contributed by atoms with Crippen molar-refractivity contribution in [2.24, 2.45) is 0 Å². The maximum Gasteiger partial charge on any atom is 0.264 e. The zero-order valence-corrected chi connectivity index (χ0v) is 18.1. The lowest BCUT2D eigenvalue weighted by Crippen LogP contribution is -2.35. The average molecular weight is 437 g/mol. The van der Waals surface area contributed by atoms with E-state index in [1.54, 1.807) is 19.2 Å². The molecule has 31 heavy (non-hydrogen) atoms. The third-order valence-electron chi connectivity index (χ3n) is 5.38. The molecule has 4 rings (SSSR count). The number of ether oxygens (including phenoxy) is 1. The van der Waals surface area contributed by atoms with Gasteiger partial charge in [-0.1, -0.05) is 42.5 Å². The number of rotatable bonds is 6. The van der Waals surface area contributed by atoms with Gasteiger partial charge in [-0.3, -0.25) is 9.10 Å². The number of nitrogens with zero attached hydrogens (tertiary/aromatic N) is 1. The highest BCUT2D eigenvalue weighted by Crippen LogP contribution is 2.32. The minimum atomic E-state index is -3.78. The van der Waals surface area contributed by atoms with E-state index in [2.05, 4.69) is 5.32 Å². The molecule has 0 fully saturated rings. The molecular weight excluding hydrogens is 412 g/mol. The van der Waals surface area contributed by atoms with E-state index < -0.39 is 10.0 Å². The van der Waals surface area contributed by atoms with E-state index >= 15 is 0 Å². The molecule has 0 atom stereocenters. The van der Waals surface area contributed by atoms with E-state index in [-0.39, 0.29) is 17.3 Å². The Morgan fingerprint density at radius 3 is 2.65 bits per heavy atom. The molecule has 1 aliphatic heterocycles. The summed E-state index contributed by atoms with van der Waals surface area (Å²) in [5, 5.41) is 2.84. The van der Waals surface area contributed by atoms with Crippen molar-refractivity contribution in [2.75, 3.05) is 18.0 Å². The van der Waals surface area contributed by atoms with E-state index in [0.717, 1.165) is 24.0 Å². The molecule has 0 radical (unpaired) electrons. The van der Waals surface area contributed by atoms with Gasteiger partial charge in [-0.05, 0) is 48.7 Å². The van der Waals surface area contributed by atoms with Crippen LogP contribution >= 0.6 is 0 Å². The van der Waals surface area contributed by atoms with Crippen LogP contribution in [0.1, 0.15) is 27.9 Å². The molecule has 0 unspecified atom stereocenters. The van der Waals surface area contributed by atoms with Crippen LogP contribution in [0, 0.1) is 0 Å². The van der Waals surface area contributed by atoms with Crippen LogP contribution in [0.15, 0.2) is 77.7 Å². The molecule has 3 aromatic carbocycles. The summed E-state index contributed by atoms with van der Waals surface area (Å²) in [4.78, 5) is 12.8. The van der Waals surface area contributed by atoms with Gasteiger partial charge in [0.05, 0.1) is 17.7 Å². The van der Waals surface area contributed by atoms with Gasteiger partial charge in [0.15, 0.2) is 0 Å². The fraction of sp³-hybridized carbons (Fsp3) is 0.208. The molecule has 0 saturated heterocycles. The summed E-state index contributed by atoms with van der Waals surface area (Å²) in [6.45, 7) is 0.697. The van der Waals surface area contributed by atoms with Crippen molar-refractivity contribution in [1.29, 1.82) is 0 Å². The summed E-state index contributed by atoms with van der Waals surface area (Å²) in [5.74, 6) is 0.338. The standard InChI is InChI=1S/C24H24N2O4S/c1-30-23-14-5-3-9-20(23)17-25-24(27)19-10-6-12-21(16-19)31(28,29)26-15-7-11-18-8-2-4-13-22(18)26/h2-6,8-10,12-14,16H,7,11,15,17H2,1H3,(H,25,27). The molecule has 0 saturated carbocycles. The van der Waals surface area contributed by atoms with Gasteiger partial charge in [0.2, 0.25) is 0 Å². The summed E-state index contributed by atoms with van der Waals surface area (Å²) in [6, 6.07) is 21.1. The van der Waals surface area contributed by atoms with Gasteiger partial charge in [-0.25, -0.2) is 8.42 Å². The molecular formula is C24H24N2O4S. The Kier molecular flexibility index (Phi) is 5.95. The Hall–Kier alpha value is -3.32. The molecule has 0 bridgehead atoms. The average Bonchev–Trinajstić information content (AvgIpc) is 2.82. The number of amides is 1. The molecule has 7 heteroatoms. The zero-order chi connectivity index (χ0) is 21.8. The monoisotopic (exact) mass is 436 g/mol. The predicted octanol–water partition coefficient (Wildman–Crippen LogP) is 3.77. The lowest BCUT2D eigenvalue weighted by Gasteiger charge is -2.30. The smallest absolute Gasteiger partial charge is 0.264 e. The van der Waals surface area contributed by atoms with Crippen LogP contribution < -0.4 is 14.4 Å². The van der Waals surface area contributed by atoms with Gasteiger partial charge in [0.25, 0.3) is 15.9 Å². The summed E-state index contributed by atoms with van der Waals surface area (Å²) in [7, 11) is -2.20. The van der Waals surface area contributed by atoms with Crippen LogP contribution in [0.4, 0.5) is 5.69 Å². The fourth-order valence-electron chi connectivity index (χ4n) is 3.80. The Labute approximate surface area is 182 Å². The minimum absolute atomic E-state index is 0.106. The first-order valence-corrected chi connectivity index (χ1v) is 11.6. The number of hydrogen-bond donors (Lipinski definition) is 1. The molecule has 6 nitrogen and oxygen atoms in total. The molecule has 0 spiro atoms. The van der Waals surface area contributed by atoms with Gasteiger partial charge in [-0.2, -0.15) is 0 Å². The molecule has 0 aromatic heterocycles. The van der Waals surface area contributed by atoms with Crippen molar-refractivity contribution in [3.8, 4) is 5.75 Å². The number of carbonyl (C=O) groups is 1. The van der Waals surface area contributed by atoms with Crippen LogP contribution in [0.5, 0.6) is 5.75 Å². The lowest BCUT2D eigenvalue weighted by molar-refractivity contribution is 0.0950. The van der Waals surface area contributed by atoms with Crippen LogP contribution in [0.2, 0.25) is 0 Å². The minimum Gasteiger partial charge on any atom is -0.496 e. The molecule has 0 aliphatic carbocycles. The second kappa shape index (κ2) is 8.81. The van der Waals surface area contributed by atoms with Crippen molar-refractivity contribution < 1.29 is 17.9 Å². The van der Waals surface area contributed by atoms with Crippen molar-refractivity contribution in [1.82, 2.24) is 5.32 Å². The van der Waals surface area contributed by atoms with E-state index in [0.29, 0.717) is 23.5 Å². The van der Waals surface area contributed by atoms with Crippen molar-refractivity contribution >= 4 is 21.6 Å². The van der Waals surface area contributed by atoms with E-state index in [4.69, 9.17) is 4.74 Å². The molecule has 1 N–H and O–H groups in total. The zero-order valence-electron chi connectivity index (χ0n) is 17.2. The number of hydrogen-bond acceptors (Lipinski definition) is 4. The highest BCUT2D eigenvalue weighted by atomic mass is 32.2. The number of aryl methyl sites for hydroxylation is 1. The Bertz CT molecular complexity index is 1210. The van der Waals surface area contributed by atoms with Crippen LogP contribution in [0.25, 0.3) is 0 Å². The Morgan fingerprint density at radius 2 is 1.81 bits per heavy atom. The summed E-state index contributed by atoms with van der Waals surface area (Å²) < 4.78 is 33.5. The first-order valence-electron chi connectivity index (χ1n) is 10.1. The summed E-state index contributed by atoms with van der Waals surface area (Å²) >= 11 is 0. The highest BCUT2D eigenvalue weighted by Gasteiger charge is 2.29. The maximum atomic E-state index is 13.4. The van der Waals surface area contributed by atoms with Crippen LogP contribution in [-0.2, 0) is 23.0 Å². The normalized spacial score (nSPS) is 13.4. The number of fused-ring (bicyclic) bond motifs is 1. The Balaban J connectivity index is 1.56. The molecule has 3 aromatic rings. The van der Waals surface area contributed by atoms with Crippen molar-refractivity contribution in [2.45, 2.75) is 24.3 Å². The summed E-state index contributed by atoms with van der Waals surface area (Å²) in [6.07, 6.45) is 1.61. The lowest BCUT2D eigenvalue weighted by atomic mass is 10.0. The number of para-hydroxylation sites is 2. The number of benzene rings is 3. The van der Waals surface area contributed by atoms with Crippen LogP contribution in [0.3, 0.4) is 0 Å². The topological polar surface area (TPSA) is 75.7 Å². The van der Waals surface area contributed by atoms with E-state index in [1.165, 1.54) is 16.4 Å². The molecule has 1 aliphatic rings. The number of carbonyl (C=O) groups excluding carboxylic acids is 1. The molecule has 160 valence electrons. The van der Waals surface area contributed by atoms with Gasteiger partial charge < -0.3 is 10.1 Å². The SMILES string of the molecule is COc1ccccc1CNC(=O)c1cccc(S(=O)(=O)N2CCCc3ccccc32)c1. The highest BCUT2D eigenvalue weighted by molar-refractivity contribution is 7.92.